The summed E-state index contributed by atoms with van der Waals surface area (Å²) in [6.07, 6.45) is 2.92. The van der Waals surface area contributed by atoms with Crippen LogP contribution < -0.4 is 14.4 Å². The average molecular weight is 419 g/mol. The summed E-state index contributed by atoms with van der Waals surface area (Å²) >= 11 is 0. The standard InChI is InChI=1S/C23H25N5O3/c1-17(31-20-5-3-19(30-2)4-6-20)23(29)28-15-13-27(14-16-28)22-8-7-21(25-26-22)18-9-11-24-12-10-18/h3-12,17H,13-16H2,1-2H3. The second-order valence-corrected chi connectivity index (χ2v) is 7.26. The summed E-state index contributed by atoms with van der Waals surface area (Å²) in [5, 5.41) is 8.71. The molecule has 4 rings (SSSR count). The van der Waals surface area contributed by atoms with Gasteiger partial charge in [0.05, 0.1) is 12.8 Å². The second-order valence-electron chi connectivity index (χ2n) is 7.26. The average Bonchev–Trinajstić information content (AvgIpc) is 2.85. The first-order chi connectivity index (χ1) is 15.1. The molecule has 0 spiro atoms. The van der Waals surface area contributed by atoms with Crippen molar-refractivity contribution in [2.45, 2.75) is 13.0 Å². The van der Waals surface area contributed by atoms with Crippen molar-refractivity contribution >= 4 is 11.7 Å². The van der Waals surface area contributed by atoms with Crippen LogP contribution in [0.5, 0.6) is 11.5 Å². The van der Waals surface area contributed by atoms with E-state index < -0.39 is 6.10 Å². The molecule has 1 atom stereocenters. The number of amides is 1. The first-order valence-electron chi connectivity index (χ1n) is 10.2. The van der Waals surface area contributed by atoms with Gasteiger partial charge in [0.2, 0.25) is 0 Å². The summed E-state index contributed by atoms with van der Waals surface area (Å²) in [6.45, 7) is 4.41. The van der Waals surface area contributed by atoms with Crippen molar-refractivity contribution in [3.63, 3.8) is 0 Å². The number of methoxy groups -OCH3 is 1. The normalized spacial score (nSPS) is 14.8. The van der Waals surface area contributed by atoms with Crippen LogP contribution in [-0.4, -0.2) is 65.4 Å². The Labute approximate surface area is 181 Å². The lowest BCUT2D eigenvalue weighted by molar-refractivity contribution is -0.138. The van der Waals surface area contributed by atoms with Crippen LogP contribution in [0.1, 0.15) is 6.92 Å². The summed E-state index contributed by atoms with van der Waals surface area (Å²) in [7, 11) is 1.61. The molecule has 0 bridgehead atoms. The van der Waals surface area contributed by atoms with Crippen molar-refractivity contribution in [3.05, 3.63) is 60.9 Å². The van der Waals surface area contributed by atoms with E-state index in [4.69, 9.17) is 9.47 Å². The van der Waals surface area contributed by atoms with Crippen molar-refractivity contribution in [1.29, 1.82) is 0 Å². The first kappa shape index (κ1) is 20.6. The van der Waals surface area contributed by atoms with Gasteiger partial charge in [-0.05, 0) is 55.5 Å². The smallest absolute Gasteiger partial charge is 0.263 e. The molecular weight excluding hydrogens is 394 g/mol. The third kappa shape index (κ3) is 4.91. The van der Waals surface area contributed by atoms with Crippen molar-refractivity contribution in [2.24, 2.45) is 0 Å². The van der Waals surface area contributed by atoms with Crippen LogP contribution in [0, 0.1) is 0 Å². The highest BCUT2D eigenvalue weighted by molar-refractivity contribution is 5.81. The van der Waals surface area contributed by atoms with Gasteiger partial charge < -0.3 is 19.3 Å². The van der Waals surface area contributed by atoms with Crippen LogP contribution in [0.25, 0.3) is 11.3 Å². The van der Waals surface area contributed by atoms with Crippen LogP contribution in [-0.2, 0) is 4.79 Å². The lowest BCUT2D eigenvalue weighted by Gasteiger charge is -2.36. The van der Waals surface area contributed by atoms with Crippen molar-refractivity contribution in [1.82, 2.24) is 20.1 Å². The monoisotopic (exact) mass is 419 g/mol. The number of benzene rings is 1. The number of carbonyl (C=O) groups is 1. The molecule has 160 valence electrons. The molecule has 1 aliphatic heterocycles. The zero-order chi connectivity index (χ0) is 21.6. The number of pyridine rings is 1. The van der Waals surface area contributed by atoms with Gasteiger partial charge in [-0.2, -0.15) is 0 Å². The Morgan fingerprint density at radius 2 is 1.58 bits per heavy atom. The number of anilines is 1. The predicted octanol–water partition coefficient (Wildman–Crippen LogP) is 2.66. The molecular formula is C23H25N5O3. The van der Waals surface area contributed by atoms with E-state index in [0.717, 1.165) is 22.8 Å². The van der Waals surface area contributed by atoms with Crippen LogP contribution in [0.2, 0.25) is 0 Å². The highest BCUT2D eigenvalue weighted by atomic mass is 16.5. The van der Waals surface area contributed by atoms with Gasteiger partial charge in [0, 0.05) is 44.1 Å². The highest BCUT2D eigenvalue weighted by Crippen LogP contribution is 2.21. The predicted molar refractivity (Wildman–Crippen MR) is 117 cm³/mol. The fourth-order valence-corrected chi connectivity index (χ4v) is 3.49. The van der Waals surface area contributed by atoms with Crippen molar-refractivity contribution in [2.75, 3.05) is 38.2 Å². The fourth-order valence-electron chi connectivity index (χ4n) is 3.49. The molecule has 1 amide bonds. The third-order valence-electron chi connectivity index (χ3n) is 5.26. The maximum absolute atomic E-state index is 12.8. The lowest BCUT2D eigenvalue weighted by atomic mass is 10.2. The van der Waals surface area contributed by atoms with Gasteiger partial charge in [0.25, 0.3) is 5.91 Å². The number of piperazine rings is 1. The number of aromatic nitrogens is 3. The molecule has 8 heteroatoms. The molecule has 2 aromatic heterocycles. The van der Waals surface area contributed by atoms with E-state index >= 15 is 0 Å². The lowest BCUT2D eigenvalue weighted by Crippen LogP contribution is -2.52. The Hall–Kier alpha value is -3.68. The summed E-state index contributed by atoms with van der Waals surface area (Å²) < 4.78 is 11.0. The highest BCUT2D eigenvalue weighted by Gasteiger charge is 2.26. The Morgan fingerprint density at radius 1 is 0.903 bits per heavy atom. The quantitative estimate of drug-likeness (QED) is 0.608. The van der Waals surface area contributed by atoms with E-state index in [1.54, 1.807) is 38.6 Å². The number of hydrogen-bond acceptors (Lipinski definition) is 7. The fraction of sp³-hybridized carbons (Fsp3) is 0.304. The van der Waals surface area contributed by atoms with Gasteiger partial charge in [-0.15, -0.1) is 10.2 Å². The van der Waals surface area contributed by atoms with E-state index in [2.05, 4.69) is 20.1 Å². The largest absolute Gasteiger partial charge is 0.497 e. The second kappa shape index (κ2) is 9.42. The Bertz CT molecular complexity index is 988. The zero-order valence-corrected chi connectivity index (χ0v) is 17.6. The maximum Gasteiger partial charge on any atom is 0.263 e. The Kier molecular flexibility index (Phi) is 6.26. The van der Waals surface area contributed by atoms with Crippen LogP contribution in [0.4, 0.5) is 5.82 Å². The summed E-state index contributed by atoms with van der Waals surface area (Å²) in [6, 6.07) is 15.0. The van der Waals surface area contributed by atoms with Crippen LogP contribution >= 0.6 is 0 Å². The Morgan fingerprint density at radius 3 is 2.19 bits per heavy atom. The molecule has 1 saturated heterocycles. The molecule has 0 radical (unpaired) electrons. The summed E-state index contributed by atoms with van der Waals surface area (Å²) in [4.78, 5) is 20.8. The van der Waals surface area contributed by atoms with Gasteiger partial charge in [-0.25, -0.2) is 0 Å². The van der Waals surface area contributed by atoms with Gasteiger partial charge in [-0.3, -0.25) is 9.78 Å². The minimum atomic E-state index is -0.556. The van der Waals surface area contributed by atoms with E-state index in [9.17, 15) is 4.79 Å². The Balaban J connectivity index is 1.31. The molecule has 1 aliphatic rings. The summed E-state index contributed by atoms with van der Waals surface area (Å²) in [5.41, 5.74) is 1.79. The minimum absolute atomic E-state index is 0.0189. The number of carbonyl (C=O) groups excluding carboxylic acids is 1. The molecule has 8 nitrogen and oxygen atoms in total. The molecule has 1 unspecified atom stereocenters. The maximum atomic E-state index is 12.8. The van der Waals surface area contributed by atoms with Gasteiger partial charge in [-0.1, -0.05) is 0 Å². The van der Waals surface area contributed by atoms with Gasteiger partial charge in [0.15, 0.2) is 11.9 Å². The van der Waals surface area contributed by atoms with Crippen molar-refractivity contribution in [3.8, 4) is 22.8 Å². The minimum Gasteiger partial charge on any atom is -0.497 e. The third-order valence-corrected chi connectivity index (χ3v) is 5.26. The molecule has 1 aromatic carbocycles. The summed E-state index contributed by atoms with van der Waals surface area (Å²) in [5.74, 6) is 2.19. The number of nitrogens with zero attached hydrogens (tertiary/aromatic N) is 5. The SMILES string of the molecule is COc1ccc(OC(C)C(=O)N2CCN(c3ccc(-c4ccncc4)nn3)CC2)cc1. The zero-order valence-electron chi connectivity index (χ0n) is 17.6. The molecule has 0 aliphatic carbocycles. The van der Waals surface area contributed by atoms with E-state index in [-0.39, 0.29) is 5.91 Å². The number of hydrogen-bond donors (Lipinski definition) is 0. The molecule has 0 saturated carbocycles. The van der Waals surface area contributed by atoms with E-state index in [1.165, 1.54) is 0 Å². The van der Waals surface area contributed by atoms with Gasteiger partial charge >= 0.3 is 0 Å². The molecule has 1 fully saturated rings. The van der Waals surface area contributed by atoms with E-state index in [0.29, 0.717) is 31.9 Å². The first-order valence-corrected chi connectivity index (χ1v) is 10.2. The van der Waals surface area contributed by atoms with Gasteiger partial charge in [0.1, 0.15) is 11.5 Å². The molecule has 31 heavy (non-hydrogen) atoms. The van der Waals surface area contributed by atoms with Crippen LogP contribution in [0.3, 0.4) is 0 Å². The topological polar surface area (TPSA) is 80.7 Å². The number of rotatable bonds is 6. The molecule has 3 heterocycles. The molecule has 0 N–H and O–H groups in total. The molecule has 3 aromatic rings. The number of ether oxygens (including phenoxy) is 2. The van der Waals surface area contributed by atoms with E-state index in [1.807, 2.05) is 41.3 Å². The van der Waals surface area contributed by atoms with Crippen molar-refractivity contribution < 1.29 is 14.3 Å². The van der Waals surface area contributed by atoms with Crippen LogP contribution in [0.15, 0.2) is 60.9 Å².